The van der Waals surface area contributed by atoms with Crippen LogP contribution in [0.1, 0.15) is 47.0 Å². The Bertz CT molecular complexity index is 535. The van der Waals surface area contributed by atoms with E-state index in [-0.39, 0.29) is 30.2 Å². The van der Waals surface area contributed by atoms with Crippen LogP contribution in [0.25, 0.3) is 0 Å². The molecule has 1 fully saturated rings. The lowest BCUT2D eigenvalue weighted by Gasteiger charge is -2.24. The zero-order valence-corrected chi connectivity index (χ0v) is 15.8. The van der Waals surface area contributed by atoms with Gasteiger partial charge in [-0.3, -0.25) is 19.2 Å². The smallest absolute Gasteiger partial charge is 0.245 e. The molecule has 1 heterocycles. The Morgan fingerprint density at radius 1 is 1.08 bits per heavy atom. The topological polar surface area (TPSA) is 137 Å². The van der Waals surface area contributed by atoms with Crippen LogP contribution in [-0.4, -0.2) is 59.5 Å². The summed E-state index contributed by atoms with van der Waals surface area (Å²) in [6.45, 7) is 6.88. The van der Waals surface area contributed by atoms with Gasteiger partial charge in [0.05, 0.1) is 6.61 Å². The van der Waals surface area contributed by atoms with Gasteiger partial charge in [0.2, 0.25) is 23.6 Å². The second-order valence-electron chi connectivity index (χ2n) is 7.26. The van der Waals surface area contributed by atoms with Crippen LogP contribution in [0, 0.1) is 5.92 Å². The maximum Gasteiger partial charge on any atom is 0.245 e. The second kappa shape index (κ2) is 10.1. The molecule has 0 unspecified atom stereocenters. The zero-order valence-electron chi connectivity index (χ0n) is 15.8. The molecular weight excluding hydrogens is 340 g/mol. The van der Waals surface area contributed by atoms with E-state index in [0.29, 0.717) is 12.8 Å². The minimum Gasteiger partial charge on any atom is -0.394 e. The maximum absolute atomic E-state index is 12.4. The number of hydrogen-bond donors (Lipinski definition) is 5. The maximum atomic E-state index is 12.4. The number of aliphatic hydroxyl groups is 1. The van der Waals surface area contributed by atoms with Crippen molar-refractivity contribution in [3.8, 4) is 0 Å². The molecule has 0 aromatic carbocycles. The van der Waals surface area contributed by atoms with E-state index in [9.17, 15) is 24.3 Å². The van der Waals surface area contributed by atoms with Crippen LogP contribution in [0.2, 0.25) is 0 Å². The van der Waals surface area contributed by atoms with E-state index in [1.807, 2.05) is 27.7 Å². The molecule has 0 spiro atoms. The van der Waals surface area contributed by atoms with Crippen LogP contribution in [-0.2, 0) is 19.2 Å². The number of hydrogen-bond acceptors (Lipinski definition) is 5. The number of aliphatic hydroxyl groups excluding tert-OH is 1. The van der Waals surface area contributed by atoms with E-state index in [1.165, 1.54) is 0 Å². The zero-order chi connectivity index (χ0) is 19.9. The molecule has 1 rings (SSSR count). The lowest BCUT2D eigenvalue weighted by atomic mass is 10.0. The third-order valence-corrected chi connectivity index (χ3v) is 3.90. The number of nitrogens with one attached hydrogen (secondary N) is 4. The van der Waals surface area contributed by atoms with Crippen LogP contribution < -0.4 is 21.3 Å². The standard InChI is InChI=1S/C17H30N4O5/c1-9(2)7-12(16(25)18-10(3)4)20-17(26)13(8-22)21-15(24)11-5-6-14(23)19-11/h9-13,22H,5-8H2,1-4H3,(H,18,25)(H,19,23)(H,20,26)(H,21,24)/t11-,12-,13+/m0/s1. The molecule has 5 N–H and O–H groups in total. The predicted molar refractivity (Wildman–Crippen MR) is 94.8 cm³/mol. The highest BCUT2D eigenvalue weighted by Crippen LogP contribution is 2.08. The third kappa shape index (κ3) is 6.99. The van der Waals surface area contributed by atoms with Crippen molar-refractivity contribution < 1.29 is 24.3 Å². The van der Waals surface area contributed by atoms with Crippen LogP contribution in [0.3, 0.4) is 0 Å². The molecule has 1 aliphatic heterocycles. The van der Waals surface area contributed by atoms with Gasteiger partial charge in [0.15, 0.2) is 0 Å². The van der Waals surface area contributed by atoms with Gasteiger partial charge in [-0.05, 0) is 32.6 Å². The Balaban J connectivity index is 2.69. The van der Waals surface area contributed by atoms with E-state index in [0.717, 1.165) is 0 Å². The van der Waals surface area contributed by atoms with Gasteiger partial charge < -0.3 is 26.4 Å². The Hall–Kier alpha value is -2.16. The first-order valence-electron chi connectivity index (χ1n) is 8.95. The number of carbonyl (C=O) groups excluding carboxylic acids is 4. The number of rotatable bonds is 9. The van der Waals surface area contributed by atoms with Crippen molar-refractivity contribution in [1.82, 2.24) is 21.3 Å². The van der Waals surface area contributed by atoms with Gasteiger partial charge in [0.1, 0.15) is 18.1 Å². The predicted octanol–water partition coefficient (Wildman–Crippen LogP) is -1.20. The first kappa shape index (κ1) is 21.9. The fraction of sp³-hybridized carbons (Fsp3) is 0.765. The summed E-state index contributed by atoms with van der Waals surface area (Å²) < 4.78 is 0. The average Bonchev–Trinajstić information content (AvgIpc) is 2.97. The van der Waals surface area contributed by atoms with Gasteiger partial charge in [-0.15, -0.1) is 0 Å². The van der Waals surface area contributed by atoms with Gasteiger partial charge in [0, 0.05) is 12.5 Å². The number of amides is 4. The van der Waals surface area contributed by atoms with Crippen LogP contribution in [0.4, 0.5) is 0 Å². The largest absolute Gasteiger partial charge is 0.394 e. The quantitative estimate of drug-likeness (QED) is 0.347. The molecule has 0 aliphatic carbocycles. The summed E-state index contributed by atoms with van der Waals surface area (Å²) in [7, 11) is 0. The summed E-state index contributed by atoms with van der Waals surface area (Å²) in [4.78, 5) is 48.0. The molecule has 3 atom stereocenters. The Kier molecular flexibility index (Phi) is 8.50. The van der Waals surface area contributed by atoms with Crippen LogP contribution >= 0.6 is 0 Å². The molecule has 0 saturated carbocycles. The van der Waals surface area contributed by atoms with Crippen molar-refractivity contribution in [3.05, 3.63) is 0 Å². The van der Waals surface area contributed by atoms with E-state index in [4.69, 9.17) is 0 Å². The monoisotopic (exact) mass is 370 g/mol. The molecule has 0 bridgehead atoms. The molecule has 148 valence electrons. The van der Waals surface area contributed by atoms with E-state index < -0.39 is 36.5 Å². The number of carbonyl (C=O) groups is 4. The molecule has 9 nitrogen and oxygen atoms in total. The molecule has 0 aromatic rings. The van der Waals surface area contributed by atoms with Crippen molar-refractivity contribution >= 4 is 23.6 Å². The minimum atomic E-state index is -1.19. The average molecular weight is 370 g/mol. The Morgan fingerprint density at radius 3 is 2.15 bits per heavy atom. The fourth-order valence-electron chi connectivity index (χ4n) is 2.64. The summed E-state index contributed by atoms with van der Waals surface area (Å²) in [5.74, 6) is -1.55. The molecule has 0 aromatic heterocycles. The van der Waals surface area contributed by atoms with Crippen LogP contribution in [0.15, 0.2) is 0 Å². The highest BCUT2D eigenvalue weighted by Gasteiger charge is 2.31. The minimum absolute atomic E-state index is 0.0756. The Labute approximate surface area is 153 Å². The first-order chi connectivity index (χ1) is 12.1. The molecule has 9 heteroatoms. The highest BCUT2D eigenvalue weighted by molar-refractivity contribution is 5.95. The third-order valence-electron chi connectivity index (χ3n) is 3.90. The summed E-state index contributed by atoms with van der Waals surface area (Å²) in [6, 6.07) is -2.74. The summed E-state index contributed by atoms with van der Waals surface area (Å²) in [6.07, 6.45) is 1.02. The van der Waals surface area contributed by atoms with E-state index >= 15 is 0 Å². The highest BCUT2D eigenvalue weighted by atomic mass is 16.3. The van der Waals surface area contributed by atoms with Crippen molar-refractivity contribution in [3.63, 3.8) is 0 Å². The molecule has 26 heavy (non-hydrogen) atoms. The first-order valence-corrected chi connectivity index (χ1v) is 8.95. The van der Waals surface area contributed by atoms with Gasteiger partial charge in [0.25, 0.3) is 0 Å². The van der Waals surface area contributed by atoms with Crippen LogP contribution in [0.5, 0.6) is 0 Å². The van der Waals surface area contributed by atoms with Gasteiger partial charge >= 0.3 is 0 Å². The summed E-state index contributed by atoms with van der Waals surface area (Å²) >= 11 is 0. The van der Waals surface area contributed by atoms with Crippen molar-refractivity contribution in [2.24, 2.45) is 5.92 Å². The van der Waals surface area contributed by atoms with Gasteiger partial charge in [-0.25, -0.2) is 0 Å². The normalized spacial score (nSPS) is 19.0. The molecule has 1 saturated heterocycles. The van der Waals surface area contributed by atoms with E-state index in [1.54, 1.807) is 0 Å². The Morgan fingerprint density at radius 2 is 1.69 bits per heavy atom. The molecule has 1 aliphatic rings. The van der Waals surface area contributed by atoms with Crippen molar-refractivity contribution in [2.45, 2.75) is 71.1 Å². The molecule has 0 radical (unpaired) electrons. The summed E-state index contributed by atoms with van der Waals surface area (Å²) in [5, 5.41) is 19.7. The SMILES string of the molecule is CC(C)C[C@H](NC(=O)[C@@H](CO)NC(=O)[C@@H]1CCC(=O)N1)C(=O)NC(C)C. The van der Waals surface area contributed by atoms with Crippen molar-refractivity contribution in [1.29, 1.82) is 0 Å². The van der Waals surface area contributed by atoms with Gasteiger partial charge in [-0.2, -0.15) is 0 Å². The second-order valence-corrected chi connectivity index (χ2v) is 7.26. The fourth-order valence-corrected chi connectivity index (χ4v) is 2.64. The lowest BCUT2D eigenvalue weighted by molar-refractivity contribution is -0.134. The lowest BCUT2D eigenvalue weighted by Crippen LogP contribution is -2.57. The summed E-state index contributed by atoms with van der Waals surface area (Å²) in [5.41, 5.74) is 0. The van der Waals surface area contributed by atoms with Gasteiger partial charge in [-0.1, -0.05) is 13.8 Å². The van der Waals surface area contributed by atoms with Crippen molar-refractivity contribution in [2.75, 3.05) is 6.61 Å². The van der Waals surface area contributed by atoms with E-state index in [2.05, 4.69) is 21.3 Å². The molecule has 4 amide bonds. The molecular formula is C17H30N4O5.